The molecular weight excluding hydrogens is 450 g/mol. The highest BCUT2D eigenvalue weighted by molar-refractivity contribution is 5.94. The van der Waals surface area contributed by atoms with E-state index in [9.17, 15) is 34.2 Å². The first-order valence-electron chi connectivity index (χ1n) is 10.5. The summed E-state index contributed by atoms with van der Waals surface area (Å²) in [5.74, 6) is -4.52. The fourth-order valence-electron chi connectivity index (χ4n) is 2.81. The average Bonchev–Trinajstić information content (AvgIpc) is 2.75. The number of amides is 4. The quantitative estimate of drug-likeness (QED) is 0.148. The number of rotatable bonds is 13. The molecule has 4 amide bonds. The van der Waals surface area contributed by atoms with Crippen LogP contribution in [-0.4, -0.2) is 75.2 Å². The SMILES string of the molecule is CC(NC(=O)C(Cc1ccc(O)cc1)NC(=O)C(NC(=O)C(N)CCC(N)=O)C(C)O)C(=O)O. The van der Waals surface area contributed by atoms with Crippen molar-refractivity contribution in [3.8, 4) is 5.75 Å². The van der Waals surface area contributed by atoms with Crippen LogP contribution in [0.4, 0.5) is 0 Å². The molecule has 0 fully saturated rings. The number of aliphatic carboxylic acids is 1. The predicted molar refractivity (Wildman–Crippen MR) is 119 cm³/mol. The molecule has 0 aromatic heterocycles. The third-order valence-electron chi connectivity index (χ3n) is 4.84. The van der Waals surface area contributed by atoms with Crippen molar-refractivity contribution in [1.29, 1.82) is 0 Å². The molecule has 1 aromatic carbocycles. The monoisotopic (exact) mass is 481 g/mol. The van der Waals surface area contributed by atoms with Crippen molar-refractivity contribution in [2.75, 3.05) is 0 Å². The fraction of sp³-hybridized carbons (Fsp3) is 0.476. The van der Waals surface area contributed by atoms with Crippen LogP contribution in [0.3, 0.4) is 0 Å². The zero-order valence-electron chi connectivity index (χ0n) is 18.9. The van der Waals surface area contributed by atoms with Gasteiger partial charge in [-0.05, 0) is 38.0 Å². The van der Waals surface area contributed by atoms with Crippen LogP contribution < -0.4 is 27.4 Å². The third kappa shape index (κ3) is 9.42. The van der Waals surface area contributed by atoms with Gasteiger partial charge in [-0.15, -0.1) is 0 Å². The molecule has 188 valence electrons. The van der Waals surface area contributed by atoms with Gasteiger partial charge in [-0.25, -0.2) is 0 Å². The highest BCUT2D eigenvalue weighted by atomic mass is 16.4. The molecule has 1 rings (SSSR count). The van der Waals surface area contributed by atoms with Gasteiger partial charge >= 0.3 is 5.97 Å². The third-order valence-corrected chi connectivity index (χ3v) is 4.84. The summed E-state index contributed by atoms with van der Waals surface area (Å²) in [5, 5.41) is 35.5. The Labute approximate surface area is 195 Å². The summed E-state index contributed by atoms with van der Waals surface area (Å²) < 4.78 is 0. The Balaban J connectivity index is 3.01. The van der Waals surface area contributed by atoms with E-state index in [0.717, 1.165) is 0 Å². The van der Waals surface area contributed by atoms with Crippen molar-refractivity contribution in [2.45, 2.75) is 63.4 Å². The van der Waals surface area contributed by atoms with Crippen molar-refractivity contribution >= 4 is 29.6 Å². The summed E-state index contributed by atoms with van der Waals surface area (Å²) in [6.45, 7) is 2.48. The number of aromatic hydroxyl groups is 1. The molecule has 13 heteroatoms. The molecule has 0 heterocycles. The van der Waals surface area contributed by atoms with E-state index < -0.39 is 59.9 Å². The van der Waals surface area contributed by atoms with E-state index in [0.29, 0.717) is 5.56 Å². The molecule has 1 aromatic rings. The number of carboxylic acids is 1. The Morgan fingerprint density at radius 2 is 1.53 bits per heavy atom. The molecule has 0 saturated heterocycles. The highest BCUT2D eigenvalue weighted by Gasteiger charge is 2.32. The lowest BCUT2D eigenvalue weighted by molar-refractivity contribution is -0.142. The number of phenolic OH excluding ortho intramolecular Hbond substituents is 1. The van der Waals surface area contributed by atoms with Crippen molar-refractivity contribution in [1.82, 2.24) is 16.0 Å². The van der Waals surface area contributed by atoms with E-state index in [4.69, 9.17) is 16.6 Å². The van der Waals surface area contributed by atoms with E-state index >= 15 is 0 Å². The zero-order chi connectivity index (χ0) is 26.0. The van der Waals surface area contributed by atoms with E-state index in [2.05, 4.69) is 16.0 Å². The number of aliphatic hydroxyl groups excluding tert-OH is 1. The second kappa shape index (κ2) is 13.1. The molecule has 5 atom stereocenters. The minimum atomic E-state index is -1.50. The van der Waals surface area contributed by atoms with Crippen LogP contribution in [0, 0.1) is 0 Å². The van der Waals surface area contributed by atoms with Crippen LogP contribution in [0.5, 0.6) is 5.75 Å². The molecule has 0 aliphatic rings. The van der Waals surface area contributed by atoms with Gasteiger partial charge in [0.2, 0.25) is 23.6 Å². The molecule has 0 spiro atoms. The number of benzene rings is 1. The molecule has 10 N–H and O–H groups in total. The fourth-order valence-corrected chi connectivity index (χ4v) is 2.81. The number of nitrogens with two attached hydrogens (primary N) is 2. The van der Waals surface area contributed by atoms with Crippen molar-refractivity contribution < 1.29 is 39.3 Å². The lowest BCUT2D eigenvalue weighted by atomic mass is 10.0. The summed E-state index contributed by atoms with van der Waals surface area (Å²) in [6.07, 6.45) is -1.70. The topological polar surface area (TPSA) is 234 Å². The number of aliphatic hydroxyl groups is 1. The van der Waals surface area contributed by atoms with Gasteiger partial charge in [-0.2, -0.15) is 0 Å². The predicted octanol–water partition coefficient (Wildman–Crippen LogP) is -2.53. The number of hydrogen-bond donors (Lipinski definition) is 8. The minimum Gasteiger partial charge on any atom is -0.508 e. The van der Waals surface area contributed by atoms with Gasteiger partial charge in [-0.1, -0.05) is 12.1 Å². The van der Waals surface area contributed by atoms with Gasteiger partial charge in [0.25, 0.3) is 0 Å². The Morgan fingerprint density at radius 3 is 2.03 bits per heavy atom. The number of nitrogens with one attached hydrogen (secondary N) is 3. The van der Waals surface area contributed by atoms with Crippen molar-refractivity contribution in [3.63, 3.8) is 0 Å². The van der Waals surface area contributed by atoms with Crippen LogP contribution in [0.1, 0.15) is 32.3 Å². The van der Waals surface area contributed by atoms with Crippen LogP contribution >= 0.6 is 0 Å². The largest absolute Gasteiger partial charge is 0.508 e. The first kappa shape index (κ1) is 28.3. The van der Waals surface area contributed by atoms with Gasteiger partial charge in [-0.3, -0.25) is 24.0 Å². The van der Waals surface area contributed by atoms with Gasteiger partial charge in [0, 0.05) is 12.8 Å². The maximum Gasteiger partial charge on any atom is 0.325 e. The molecule has 0 saturated carbocycles. The lowest BCUT2D eigenvalue weighted by Crippen LogP contribution is -2.60. The highest BCUT2D eigenvalue weighted by Crippen LogP contribution is 2.12. The van der Waals surface area contributed by atoms with Gasteiger partial charge < -0.3 is 42.7 Å². The average molecular weight is 482 g/mol. The second-order valence-electron chi connectivity index (χ2n) is 7.84. The van der Waals surface area contributed by atoms with Gasteiger partial charge in [0.1, 0.15) is 23.9 Å². The molecule has 0 radical (unpaired) electrons. The second-order valence-corrected chi connectivity index (χ2v) is 7.84. The maximum absolute atomic E-state index is 12.9. The van der Waals surface area contributed by atoms with Gasteiger partial charge in [0.15, 0.2) is 0 Å². The first-order valence-corrected chi connectivity index (χ1v) is 10.5. The van der Waals surface area contributed by atoms with E-state index in [1.165, 1.54) is 38.1 Å². The number of carboxylic acid groups (broad SMARTS) is 1. The summed E-state index contributed by atoms with van der Waals surface area (Å²) >= 11 is 0. The molecule has 0 aliphatic carbocycles. The standard InChI is InChI=1S/C21H31N5O8/c1-10(21(33)34)24-19(31)15(9-12-3-5-13(28)6-4-12)25-20(32)17(11(2)27)26-18(30)14(22)7-8-16(23)29/h3-6,10-11,14-15,17,27-28H,7-9,22H2,1-2H3,(H2,23,29)(H,24,31)(H,25,32)(H,26,30)(H,33,34). The molecule has 13 nitrogen and oxygen atoms in total. The van der Waals surface area contributed by atoms with Crippen LogP contribution in [0.2, 0.25) is 0 Å². The molecular formula is C21H31N5O8. The number of primary amides is 1. The maximum atomic E-state index is 12.9. The van der Waals surface area contributed by atoms with Crippen LogP contribution in [0.25, 0.3) is 0 Å². The Kier molecular flexibility index (Phi) is 10.9. The summed E-state index contributed by atoms with van der Waals surface area (Å²) in [4.78, 5) is 59.8. The van der Waals surface area contributed by atoms with E-state index in [1.807, 2.05) is 0 Å². The molecule has 0 aliphatic heterocycles. The summed E-state index contributed by atoms with van der Waals surface area (Å²) in [5.41, 5.74) is 11.2. The number of carbonyl (C=O) groups is 5. The zero-order valence-corrected chi connectivity index (χ0v) is 18.9. The molecule has 0 bridgehead atoms. The summed E-state index contributed by atoms with van der Waals surface area (Å²) in [6, 6.07) is 0.564. The molecule has 5 unspecified atom stereocenters. The first-order chi connectivity index (χ1) is 15.8. The van der Waals surface area contributed by atoms with Gasteiger partial charge in [0.05, 0.1) is 12.1 Å². The lowest BCUT2D eigenvalue weighted by Gasteiger charge is -2.26. The van der Waals surface area contributed by atoms with E-state index in [1.54, 1.807) is 0 Å². The molecule has 34 heavy (non-hydrogen) atoms. The Hall–Kier alpha value is -3.71. The van der Waals surface area contributed by atoms with Crippen molar-refractivity contribution in [2.24, 2.45) is 11.5 Å². The minimum absolute atomic E-state index is 0.0159. The smallest absolute Gasteiger partial charge is 0.325 e. The van der Waals surface area contributed by atoms with E-state index in [-0.39, 0.29) is 25.0 Å². The number of hydrogen-bond acceptors (Lipinski definition) is 8. The normalized spacial score (nSPS) is 15.2. The Bertz CT molecular complexity index is 890. The van der Waals surface area contributed by atoms with Crippen LogP contribution in [0.15, 0.2) is 24.3 Å². The number of phenols is 1. The summed E-state index contributed by atoms with van der Waals surface area (Å²) in [7, 11) is 0. The van der Waals surface area contributed by atoms with Crippen molar-refractivity contribution in [3.05, 3.63) is 29.8 Å². The van der Waals surface area contributed by atoms with Crippen LogP contribution in [-0.2, 0) is 30.4 Å². The Morgan fingerprint density at radius 1 is 0.941 bits per heavy atom. The number of carbonyl (C=O) groups excluding carboxylic acids is 4.